The van der Waals surface area contributed by atoms with Crippen LogP contribution in [0, 0.1) is 0 Å². The van der Waals surface area contributed by atoms with E-state index in [4.69, 9.17) is 9.84 Å². The van der Waals surface area contributed by atoms with Gasteiger partial charge in [0.25, 0.3) is 0 Å². The van der Waals surface area contributed by atoms with Crippen LogP contribution in [0.4, 0.5) is 0 Å². The quantitative estimate of drug-likeness (QED) is 0.664. The number of aliphatic hydroxyl groups excluding tert-OH is 1. The number of hydrogen-bond donors (Lipinski definition) is 1. The minimum atomic E-state index is -0.657. The van der Waals surface area contributed by atoms with Crippen LogP contribution in [0.5, 0.6) is 5.75 Å². The van der Waals surface area contributed by atoms with E-state index in [2.05, 4.69) is 13.8 Å². The lowest BCUT2D eigenvalue weighted by molar-refractivity contribution is -0.0134. The monoisotopic (exact) mass is 180 g/mol. The predicted molar refractivity (Wildman–Crippen MR) is 52.7 cm³/mol. The fraction of sp³-hybridized carbons (Fsp3) is 0.455. The van der Waals surface area contributed by atoms with Crippen molar-refractivity contribution in [1.29, 1.82) is 0 Å². The average molecular weight is 180 g/mol. The molecule has 13 heavy (non-hydrogen) atoms. The van der Waals surface area contributed by atoms with E-state index in [9.17, 15) is 0 Å². The Kier molecular flexibility index (Phi) is 3.77. The van der Waals surface area contributed by atoms with Gasteiger partial charge in [0.15, 0.2) is 0 Å². The molecule has 1 aromatic carbocycles. The van der Waals surface area contributed by atoms with Gasteiger partial charge in [0.1, 0.15) is 5.75 Å². The fourth-order valence-electron chi connectivity index (χ4n) is 1.10. The SMILES string of the molecule is CCC.OC1Cc2ccc(cc2)O1. The van der Waals surface area contributed by atoms with Crippen molar-refractivity contribution in [2.24, 2.45) is 0 Å². The van der Waals surface area contributed by atoms with Gasteiger partial charge in [-0.3, -0.25) is 0 Å². The molecule has 3 rings (SSSR count). The van der Waals surface area contributed by atoms with E-state index in [1.54, 1.807) is 0 Å². The van der Waals surface area contributed by atoms with Crippen LogP contribution < -0.4 is 4.74 Å². The Bertz CT molecular complexity index is 216. The molecule has 2 aliphatic heterocycles. The minimum absolute atomic E-state index is 0.594. The molecule has 1 unspecified atom stereocenters. The standard InChI is InChI=1S/C8H8O2.C3H8/c9-8-5-6-1-3-7(10-8)4-2-6;1-3-2/h1-4,8-9H,5H2;3H2,1-2H3. The summed E-state index contributed by atoms with van der Waals surface area (Å²) in [4.78, 5) is 0. The zero-order chi connectivity index (χ0) is 9.68. The fourth-order valence-corrected chi connectivity index (χ4v) is 1.10. The zero-order valence-electron chi connectivity index (χ0n) is 8.16. The van der Waals surface area contributed by atoms with Crippen LogP contribution in [0.3, 0.4) is 0 Å². The minimum Gasteiger partial charge on any atom is -0.465 e. The van der Waals surface area contributed by atoms with Crippen LogP contribution >= 0.6 is 0 Å². The van der Waals surface area contributed by atoms with Gasteiger partial charge in [0.05, 0.1) is 0 Å². The topological polar surface area (TPSA) is 29.5 Å². The maximum Gasteiger partial charge on any atom is 0.201 e. The third kappa shape index (κ3) is 3.07. The van der Waals surface area contributed by atoms with Gasteiger partial charge in [-0.25, -0.2) is 0 Å². The lowest BCUT2D eigenvalue weighted by Gasteiger charge is -2.06. The second-order valence-electron chi connectivity index (χ2n) is 3.13. The van der Waals surface area contributed by atoms with Gasteiger partial charge < -0.3 is 9.84 Å². The van der Waals surface area contributed by atoms with Crippen molar-refractivity contribution in [1.82, 2.24) is 0 Å². The molecule has 1 N–H and O–H groups in total. The molecule has 0 aromatic heterocycles. The summed E-state index contributed by atoms with van der Waals surface area (Å²) < 4.78 is 5.08. The van der Waals surface area contributed by atoms with Crippen LogP contribution in [0.25, 0.3) is 0 Å². The highest BCUT2D eigenvalue weighted by atomic mass is 16.6. The molecule has 2 bridgehead atoms. The van der Waals surface area contributed by atoms with Crippen molar-refractivity contribution in [2.45, 2.75) is 33.0 Å². The maximum atomic E-state index is 9.13. The molecule has 0 saturated carbocycles. The Morgan fingerprint density at radius 3 is 2.38 bits per heavy atom. The van der Waals surface area contributed by atoms with Crippen molar-refractivity contribution < 1.29 is 9.84 Å². The number of rotatable bonds is 0. The summed E-state index contributed by atoms with van der Waals surface area (Å²) in [5.41, 5.74) is 1.12. The Hall–Kier alpha value is -1.02. The number of aliphatic hydroxyl groups is 1. The van der Waals surface area contributed by atoms with Crippen LogP contribution in [0.1, 0.15) is 25.8 Å². The van der Waals surface area contributed by atoms with Crippen molar-refractivity contribution in [3.8, 4) is 5.75 Å². The molecule has 2 nitrogen and oxygen atoms in total. The van der Waals surface area contributed by atoms with Gasteiger partial charge in [-0.2, -0.15) is 0 Å². The molecule has 0 radical (unpaired) electrons. The van der Waals surface area contributed by atoms with Crippen molar-refractivity contribution in [2.75, 3.05) is 0 Å². The van der Waals surface area contributed by atoms with E-state index in [-0.39, 0.29) is 0 Å². The molecule has 0 aliphatic carbocycles. The van der Waals surface area contributed by atoms with Gasteiger partial charge in [-0.05, 0) is 17.7 Å². The highest BCUT2D eigenvalue weighted by Crippen LogP contribution is 2.19. The molecule has 72 valence electrons. The first-order chi connectivity index (χ1) is 6.26. The van der Waals surface area contributed by atoms with Gasteiger partial charge >= 0.3 is 0 Å². The van der Waals surface area contributed by atoms with Crippen molar-refractivity contribution >= 4 is 0 Å². The van der Waals surface area contributed by atoms with Crippen LogP contribution in [-0.2, 0) is 6.42 Å². The van der Waals surface area contributed by atoms with E-state index in [0.717, 1.165) is 11.3 Å². The predicted octanol–water partition coefficient (Wildman–Crippen LogP) is 2.36. The second kappa shape index (κ2) is 4.87. The molecule has 1 atom stereocenters. The van der Waals surface area contributed by atoms with E-state index in [0.29, 0.717) is 6.42 Å². The first-order valence-corrected chi connectivity index (χ1v) is 4.70. The Labute approximate surface area is 79.2 Å². The number of fused-ring (bicyclic) bond motifs is 4. The lowest BCUT2D eigenvalue weighted by Crippen LogP contribution is -2.15. The van der Waals surface area contributed by atoms with Gasteiger partial charge in [-0.1, -0.05) is 32.4 Å². The maximum absolute atomic E-state index is 9.13. The molecular formula is C11H16O2. The molecule has 2 aliphatic rings. The summed E-state index contributed by atoms with van der Waals surface area (Å²) in [5.74, 6) is 0.744. The molecule has 2 heteroatoms. The zero-order valence-corrected chi connectivity index (χ0v) is 8.16. The molecule has 0 amide bonds. The lowest BCUT2D eigenvalue weighted by atomic mass is 10.2. The first kappa shape index (κ1) is 10.1. The van der Waals surface area contributed by atoms with Crippen LogP contribution in [-0.4, -0.2) is 11.4 Å². The Balaban J connectivity index is 0.000000251. The van der Waals surface area contributed by atoms with Gasteiger partial charge in [0, 0.05) is 6.42 Å². The van der Waals surface area contributed by atoms with Gasteiger partial charge in [-0.15, -0.1) is 0 Å². The first-order valence-electron chi connectivity index (χ1n) is 4.70. The highest BCUT2D eigenvalue weighted by molar-refractivity contribution is 5.29. The number of ether oxygens (including phenoxy) is 1. The largest absolute Gasteiger partial charge is 0.465 e. The summed E-state index contributed by atoms with van der Waals surface area (Å²) >= 11 is 0. The number of benzene rings is 1. The van der Waals surface area contributed by atoms with Crippen molar-refractivity contribution in [3.05, 3.63) is 29.8 Å². The van der Waals surface area contributed by atoms with E-state index < -0.39 is 6.29 Å². The van der Waals surface area contributed by atoms with Crippen molar-refractivity contribution in [3.63, 3.8) is 0 Å². The highest BCUT2D eigenvalue weighted by Gasteiger charge is 2.11. The molecule has 0 spiro atoms. The van der Waals surface area contributed by atoms with Gasteiger partial charge in [0.2, 0.25) is 6.29 Å². The molecule has 0 saturated heterocycles. The average Bonchev–Trinajstić information content (AvgIpc) is 2.35. The summed E-state index contributed by atoms with van der Waals surface area (Å²) in [6.07, 6.45) is 1.19. The molecule has 0 fully saturated rings. The molecular weight excluding hydrogens is 164 g/mol. The smallest absolute Gasteiger partial charge is 0.201 e. The Morgan fingerprint density at radius 2 is 1.85 bits per heavy atom. The molecule has 2 heterocycles. The van der Waals surface area contributed by atoms with E-state index >= 15 is 0 Å². The van der Waals surface area contributed by atoms with E-state index in [1.807, 2.05) is 24.3 Å². The normalized spacial score (nSPS) is 18.2. The second-order valence-corrected chi connectivity index (χ2v) is 3.13. The van der Waals surface area contributed by atoms with E-state index in [1.165, 1.54) is 6.42 Å². The molecule has 1 aromatic rings. The summed E-state index contributed by atoms with van der Waals surface area (Å²) in [5, 5.41) is 9.13. The third-order valence-electron chi connectivity index (χ3n) is 1.61. The van der Waals surface area contributed by atoms with Crippen LogP contribution in [0.2, 0.25) is 0 Å². The van der Waals surface area contributed by atoms with Crippen LogP contribution in [0.15, 0.2) is 24.3 Å². The summed E-state index contributed by atoms with van der Waals surface area (Å²) in [7, 11) is 0. The summed E-state index contributed by atoms with van der Waals surface area (Å²) in [6.45, 7) is 4.25. The summed E-state index contributed by atoms with van der Waals surface area (Å²) in [6, 6.07) is 7.66. The third-order valence-corrected chi connectivity index (χ3v) is 1.61. The number of hydrogen-bond acceptors (Lipinski definition) is 2. The Morgan fingerprint density at radius 1 is 1.31 bits per heavy atom.